The highest BCUT2D eigenvalue weighted by atomic mass is 15.3. The fourth-order valence-corrected chi connectivity index (χ4v) is 4.86. The maximum atomic E-state index is 4.82. The molecule has 3 heterocycles. The Morgan fingerprint density at radius 2 is 1.92 bits per heavy atom. The van der Waals surface area contributed by atoms with Gasteiger partial charge in [-0.3, -0.25) is 0 Å². The van der Waals surface area contributed by atoms with Crippen molar-refractivity contribution in [2.45, 2.75) is 58.4 Å². The van der Waals surface area contributed by atoms with Crippen LogP contribution in [0.2, 0.25) is 0 Å². The zero-order valence-electron chi connectivity index (χ0n) is 15.5. The molecule has 0 radical (unpaired) electrons. The van der Waals surface area contributed by atoms with Crippen LogP contribution in [0.4, 0.5) is 0 Å². The first-order valence-corrected chi connectivity index (χ1v) is 9.84. The van der Waals surface area contributed by atoms with E-state index in [1.165, 1.54) is 36.8 Å². The summed E-state index contributed by atoms with van der Waals surface area (Å²) in [6, 6.07) is 8.44. The van der Waals surface area contributed by atoms with Gasteiger partial charge in [0.2, 0.25) is 0 Å². The lowest BCUT2D eigenvalue weighted by atomic mass is 9.83. The second kappa shape index (κ2) is 6.08. The first-order valence-electron chi connectivity index (χ1n) is 9.84. The minimum absolute atomic E-state index is 0.527. The van der Waals surface area contributed by atoms with E-state index in [2.05, 4.69) is 63.8 Å². The molecule has 0 amide bonds. The van der Waals surface area contributed by atoms with Gasteiger partial charge in [-0.15, -0.1) is 10.2 Å². The average molecular weight is 347 g/mol. The lowest BCUT2D eigenvalue weighted by Crippen LogP contribution is -2.24. The number of nitrogens with zero attached hydrogens (tertiary/aromatic N) is 5. The minimum atomic E-state index is 0.527. The number of benzene rings is 1. The van der Waals surface area contributed by atoms with Gasteiger partial charge in [0.25, 0.3) is 0 Å². The van der Waals surface area contributed by atoms with E-state index in [0.717, 1.165) is 41.9 Å². The zero-order chi connectivity index (χ0) is 17.7. The summed E-state index contributed by atoms with van der Waals surface area (Å²) in [6.45, 7) is 5.31. The van der Waals surface area contributed by atoms with E-state index in [4.69, 9.17) is 5.10 Å². The molecule has 0 N–H and O–H groups in total. The quantitative estimate of drug-likeness (QED) is 0.710. The number of hydrogen-bond acceptors (Lipinski definition) is 3. The van der Waals surface area contributed by atoms with Crippen molar-refractivity contribution >= 4 is 0 Å². The van der Waals surface area contributed by atoms with Crippen LogP contribution in [0.15, 0.2) is 30.5 Å². The molecule has 26 heavy (non-hydrogen) atoms. The summed E-state index contributed by atoms with van der Waals surface area (Å²) in [5, 5.41) is 13.9. The Kier molecular flexibility index (Phi) is 3.69. The van der Waals surface area contributed by atoms with Gasteiger partial charge in [0.1, 0.15) is 11.5 Å². The Labute approximate surface area is 154 Å². The predicted octanol–water partition coefficient (Wildman–Crippen LogP) is 4.29. The van der Waals surface area contributed by atoms with E-state index in [1.54, 1.807) is 0 Å². The predicted molar refractivity (Wildman–Crippen MR) is 101 cm³/mol. The number of aryl methyl sites for hydroxylation is 2. The Morgan fingerprint density at radius 3 is 2.69 bits per heavy atom. The molecule has 1 saturated carbocycles. The van der Waals surface area contributed by atoms with Crippen molar-refractivity contribution in [2.75, 3.05) is 0 Å². The van der Waals surface area contributed by atoms with Gasteiger partial charge in [-0.25, -0.2) is 4.68 Å². The molecule has 0 spiro atoms. The third kappa shape index (κ3) is 2.26. The van der Waals surface area contributed by atoms with Crippen LogP contribution in [0.5, 0.6) is 0 Å². The van der Waals surface area contributed by atoms with Gasteiger partial charge < -0.3 is 4.57 Å². The van der Waals surface area contributed by atoms with Gasteiger partial charge in [0, 0.05) is 24.4 Å². The summed E-state index contributed by atoms with van der Waals surface area (Å²) < 4.78 is 4.44. The number of hydrogen-bond donors (Lipinski definition) is 0. The Hall–Kier alpha value is -2.43. The molecule has 5 nitrogen and oxygen atoms in total. The summed E-state index contributed by atoms with van der Waals surface area (Å²) in [4.78, 5) is 0. The van der Waals surface area contributed by atoms with Crippen LogP contribution in [0.1, 0.15) is 55.5 Å². The highest BCUT2D eigenvalue weighted by Crippen LogP contribution is 2.45. The lowest BCUT2D eigenvalue weighted by molar-refractivity contribution is 0.378. The van der Waals surface area contributed by atoms with Crippen LogP contribution < -0.4 is 0 Å². The molecule has 1 fully saturated rings. The van der Waals surface area contributed by atoms with Crippen molar-refractivity contribution < 1.29 is 0 Å². The Morgan fingerprint density at radius 1 is 1.12 bits per heavy atom. The van der Waals surface area contributed by atoms with Crippen LogP contribution in [0.25, 0.3) is 17.2 Å². The summed E-state index contributed by atoms with van der Waals surface area (Å²) in [5.74, 6) is 3.35. The summed E-state index contributed by atoms with van der Waals surface area (Å²) in [6.07, 6.45) is 8.39. The first-order chi connectivity index (χ1) is 12.8. The molecule has 5 heteroatoms. The smallest absolute Gasteiger partial charge is 0.183 e. The molecule has 5 rings (SSSR count). The minimum Gasteiger partial charge on any atom is -0.309 e. The summed E-state index contributed by atoms with van der Waals surface area (Å²) in [5.41, 5.74) is 4.87. The van der Waals surface area contributed by atoms with E-state index in [0.29, 0.717) is 5.92 Å². The average Bonchev–Trinajstić information content (AvgIpc) is 3.39. The molecule has 134 valence electrons. The van der Waals surface area contributed by atoms with Crippen LogP contribution in [0, 0.1) is 12.8 Å². The first kappa shape index (κ1) is 15.8. The molecule has 1 aromatic carbocycles. The third-order valence-electron chi connectivity index (χ3n) is 6.24. The molecule has 3 aromatic rings. The molecule has 1 aliphatic carbocycles. The second-order valence-electron chi connectivity index (χ2n) is 7.70. The van der Waals surface area contributed by atoms with Crippen LogP contribution in [0.3, 0.4) is 0 Å². The van der Waals surface area contributed by atoms with Gasteiger partial charge in [-0.1, -0.05) is 38.0 Å². The van der Waals surface area contributed by atoms with Crippen LogP contribution in [-0.4, -0.2) is 24.5 Å². The van der Waals surface area contributed by atoms with E-state index in [1.807, 2.05) is 0 Å². The van der Waals surface area contributed by atoms with E-state index in [9.17, 15) is 0 Å². The number of rotatable bonds is 3. The topological polar surface area (TPSA) is 48.5 Å². The molecule has 1 atom stereocenters. The largest absolute Gasteiger partial charge is 0.309 e. The number of para-hydroxylation sites is 1. The standard InChI is InChI=1S/C21H25N5/c1-3-19-23-24-21-20-16(17(13-25(19)21)15-9-5-6-10-15)12-22-26(20)18-11-7-4-8-14(18)2/h4,7-8,11-12,15,17H,3,5-6,9-10,13H2,1-2H3. The number of fused-ring (bicyclic) bond motifs is 3. The van der Waals surface area contributed by atoms with Crippen molar-refractivity contribution in [3.63, 3.8) is 0 Å². The van der Waals surface area contributed by atoms with E-state index >= 15 is 0 Å². The maximum Gasteiger partial charge on any atom is 0.183 e. The molecule has 0 saturated heterocycles. The molecular weight excluding hydrogens is 322 g/mol. The van der Waals surface area contributed by atoms with Gasteiger partial charge in [0.15, 0.2) is 5.82 Å². The van der Waals surface area contributed by atoms with Gasteiger partial charge >= 0.3 is 0 Å². The van der Waals surface area contributed by atoms with Crippen LogP contribution >= 0.6 is 0 Å². The van der Waals surface area contributed by atoms with Gasteiger partial charge in [0.05, 0.1) is 11.9 Å². The monoisotopic (exact) mass is 347 g/mol. The SMILES string of the molecule is CCc1nnc2n1CC(C1CCCC1)c1cnn(-c3ccccc3C)c1-2. The maximum absolute atomic E-state index is 4.82. The lowest BCUT2D eigenvalue weighted by Gasteiger charge is -2.29. The third-order valence-corrected chi connectivity index (χ3v) is 6.24. The van der Waals surface area contributed by atoms with Crippen molar-refractivity contribution in [3.05, 3.63) is 47.4 Å². The van der Waals surface area contributed by atoms with Crippen molar-refractivity contribution in [3.8, 4) is 17.2 Å². The molecule has 1 aliphatic heterocycles. The Bertz CT molecular complexity index is 945. The van der Waals surface area contributed by atoms with Crippen molar-refractivity contribution in [2.24, 2.45) is 5.92 Å². The molecular formula is C21H25N5. The second-order valence-corrected chi connectivity index (χ2v) is 7.70. The summed E-state index contributed by atoms with van der Waals surface area (Å²) >= 11 is 0. The fourth-order valence-electron chi connectivity index (χ4n) is 4.86. The molecule has 0 bridgehead atoms. The van der Waals surface area contributed by atoms with E-state index in [-0.39, 0.29) is 0 Å². The highest BCUT2D eigenvalue weighted by molar-refractivity contribution is 5.63. The van der Waals surface area contributed by atoms with E-state index < -0.39 is 0 Å². The normalized spacial score (nSPS) is 19.5. The molecule has 1 unspecified atom stereocenters. The van der Waals surface area contributed by atoms with Crippen LogP contribution in [-0.2, 0) is 13.0 Å². The molecule has 2 aromatic heterocycles. The van der Waals surface area contributed by atoms with Crippen molar-refractivity contribution in [1.82, 2.24) is 24.5 Å². The highest BCUT2D eigenvalue weighted by Gasteiger charge is 2.37. The number of aromatic nitrogens is 5. The fraction of sp³-hybridized carbons (Fsp3) is 0.476. The van der Waals surface area contributed by atoms with Gasteiger partial charge in [-0.2, -0.15) is 5.10 Å². The zero-order valence-corrected chi connectivity index (χ0v) is 15.5. The molecule has 2 aliphatic rings. The Balaban J connectivity index is 1.72. The van der Waals surface area contributed by atoms with Crippen molar-refractivity contribution in [1.29, 1.82) is 0 Å². The summed E-state index contributed by atoms with van der Waals surface area (Å²) in [7, 11) is 0. The van der Waals surface area contributed by atoms with Gasteiger partial charge in [-0.05, 0) is 37.3 Å².